The fourth-order valence-corrected chi connectivity index (χ4v) is 4.03. The molecule has 3 nitrogen and oxygen atoms in total. The molecule has 1 aromatic carbocycles. The Morgan fingerprint density at radius 3 is 2.55 bits per heavy atom. The van der Waals surface area contributed by atoms with E-state index >= 15 is 0 Å². The van der Waals surface area contributed by atoms with Crippen molar-refractivity contribution in [2.75, 3.05) is 20.7 Å². The Balaban J connectivity index is 1.62. The molecule has 2 bridgehead atoms. The second-order valence-electron chi connectivity index (χ2n) is 6.14. The van der Waals surface area contributed by atoms with E-state index in [1.807, 2.05) is 6.07 Å². The lowest BCUT2D eigenvalue weighted by Gasteiger charge is -2.39. The van der Waals surface area contributed by atoms with Crippen LogP contribution >= 0.6 is 0 Å². The first-order valence-corrected chi connectivity index (χ1v) is 7.86. The van der Waals surface area contributed by atoms with Gasteiger partial charge in [0, 0.05) is 24.7 Å². The Morgan fingerprint density at radius 2 is 1.90 bits per heavy atom. The van der Waals surface area contributed by atoms with Crippen LogP contribution in [0.2, 0.25) is 0 Å². The molecular formula is C17H26N2O. The fourth-order valence-electron chi connectivity index (χ4n) is 4.03. The summed E-state index contributed by atoms with van der Waals surface area (Å²) < 4.78 is 5.46. The Labute approximate surface area is 122 Å². The second-order valence-corrected chi connectivity index (χ2v) is 6.14. The van der Waals surface area contributed by atoms with Crippen LogP contribution in [0.25, 0.3) is 0 Å². The van der Waals surface area contributed by atoms with Crippen LogP contribution in [0.15, 0.2) is 24.3 Å². The molecule has 3 heteroatoms. The molecular weight excluding hydrogens is 248 g/mol. The Morgan fingerprint density at radius 1 is 1.20 bits per heavy atom. The monoisotopic (exact) mass is 274 g/mol. The number of rotatable bonds is 5. The van der Waals surface area contributed by atoms with Gasteiger partial charge in [0.25, 0.3) is 0 Å². The van der Waals surface area contributed by atoms with Crippen LogP contribution in [-0.4, -0.2) is 43.7 Å². The summed E-state index contributed by atoms with van der Waals surface area (Å²) in [5.74, 6) is 1.03. The Hall–Kier alpha value is -1.06. The lowest BCUT2D eigenvalue weighted by atomic mass is 9.97. The molecule has 1 N–H and O–H groups in total. The van der Waals surface area contributed by atoms with Gasteiger partial charge in [-0.3, -0.25) is 4.90 Å². The molecule has 0 spiro atoms. The quantitative estimate of drug-likeness (QED) is 0.892. The third kappa shape index (κ3) is 2.70. The number of hydrogen-bond acceptors (Lipinski definition) is 3. The number of benzene rings is 1. The van der Waals surface area contributed by atoms with Crippen LogP contribution in [0, 0.1) is 0 Å². The number of fused-ring (bicyclic) bond motifs is 2. The first kappa shape index (κ1) is 13.9. The van der Waals surface area contributed by atoms with Gasteiger partial charge in [-0.2, -0.15) is 0 Å². The largest absolute Gasteiger partial charge is 0.496 e. The molecule has 1 aromatic rings. The average molecular weight is 274 g/mol. The van der Waals surface area contributed by atoms with E-state index < -0.39 is 0 Å². The molecule has 110 valence electrons. The van der Waals surface area contributed by atoms with Gasteiger partial charge in [-0.25, -0.2) is 0 Å². The average Bonchev–Trinajstić information content (AvgIpc) is 2.73. The van der Waals surface area contributed by atoms with Crippen molar-refractivity contribution in [3.05, 3.63) is 29.8 Å². The maximum Gasteiger partial charge on any atom is 0.122 e. The molecule has 3 rings (SSSR count). The lowest BCUT2D eigenvalue weighted by Crippen LogP contribution is -2.48. The van der Waals surface area contributed by atoms with Gasteiger partial charge in [0.15, 0.2) is 0 Å². The normalized spacial score (nSPS) is 29.6. The molecule has 0 radical (unpaired) electrons. The lowest BCUT2D eigenvalue weighted by molar-refractivity contribution is 0.121. The second kappa shape index (κ2) is 6.15. The van der Waals surface area contributed by atoms with Crippen LogP contribution < -0.4 is 10.1 Å². The van der Waals surface area contributed by atoms with Gasteiger partial charge in [0.1, 0.15) is 5.75 Å². The topological polar surface area (TPSA) is 24.5 Å². The maximum atomic E-state index is 5.46. The molecule has 2 heterocycles. The van der Waals surface area contributed by atoms with Gasteiger partial charge in [-0.05, 0) is 50.8 Å². The van der Waals surface area contributed by atoms with E-state index in [-0.39, 0.29) is 0 Å². The zero-order valence-electron chi connectivity index (χ0n) is 12.6. The molecule has 2 aliphatic heterocycles. The van der Waals surface area contributed by atoms with Crippen molar-refractivity contribution >= 4 is 0 Å². The summed E-state index contributed by atoms with van der Waals surface area (Å²) in [4.78, 5) is 2.75. The van der Waals surface area contributed by atoms with E-state index in [9.17, 15) is 0 Å². The van der Waals surface area contributed by atoms with Crippen LogP contribution in [-0.2, 0) is 6.42 Å². The number of methoxy groups -OCH3 is 1. The summed E-state index contributed by atoms with van der Waals surface area (Å²) in [6, 6.07) is 10.7. The summed E-state index contributed by atoms with van der Waals surface area (Å²) in [6.07, 6.45) is 6.50. The van der Waals surface area contributed by atoms with Gasteiger partial charge in [0.05, 0.1) is 7.11 Å². The standard InChI is InChI=1S/C17H26N2O/c1-18-14-11-15-7-8-16(12-14)19(15)10-9-13-5-3-4-6-17(13)20-2/h3-6,14-16,18H,7-12H2,1-2H3. The smallest absolute Gasteiger partial charge is 0.122 e. The van der Waals surface area contributed by atoms with Crippen LogP contribution in [0.3, 0.4) is 0 Å². The van der Waals surface area contributed by atoms with Gasteiger partial charge in [-0.1, -0.05) is 18.2 Å². The first-order valence-electron chi connectivity index (χ1n) is 7.86. The predicted octanol–water partition coefficient (Wildman–Crippen LogP) is 2.45. The molecule has 0 aliphatic carbocycles. The van der Waals surface area contributed by atoms with Crippen molar-refractivity contribution in [3.63, 3.8) is 0 Å². The van der Waals surface area contributed by atoms with Crippen LogP contribution in [0.1, 0.15) is 31.2 Å². The number of ether oxygens (including phenoxy) is 1. The number of hydrogen-bond donors (Lipinski definition) is 1. The highest BCUT2D eigenvalue weighted by atomic mass is 16.5. The minimum atomic E-state index is 0.731. The van der Waals surface area contributed by atoms with Crippen molar-refractivity contribution in [1.29, 1.82) is 0 Å². The van der Waals surface area contributed by atoms with Crippen molar-refractivity contribution in [2.45, 2.75) is 50.2 Å². The van der Waals surface area contributed by atoms with Gasteiger partial charge < -0.3 is 10.1 Å². The van der Waals surface area contributed by atoms with E-state index in [4.69, 9.17) is 4.74 Å². The highest BCUT2D eigenvalue weighted by Crippen LogP contribution is 2.35. The van der Waals surface area contributed by atoms with Gasteiger partial charge in [-0.15, -0.1) is 0 Å². The van der Waals surface area contributed by atoms with E-state index in [0.717, 1.165) is 30.3 Å². The fraction of sp³-hybridized carbons (Fsp3) is 0.647. The molecule has 0 amide bonds. The molecule has 2 saturated heterocycles. The molecule has 2 aliphatic rings. The summed E-state index contributed by atoms with van der Waals surface area (Å²) in [6.45, 7) is 1.17. The zero-order valence-corrected chi connectivity index (χ0v) is 12.6. The first-order chi connectivity index (χ1) is 9.81. The van der Waals surface area contributed by atoms with E-state index in [2.05, 4.69) is 35.5 Å². The minimum Gasteiger partial charge on any atom is -0.496 e. The number of nitrogens with one attached hydrogen (secondary N) is 1. The number of piperidine rings is 1. The summed E-state index contributed by atoms with van der Waals surface area (Å²) in [5, 5.41) is 3.47. The number of para-hydroxylation sites is 1. The molecule has 2 unspecified atom stereocenters. The maximum absolute atomic E-state index is 5.46. The van der Waals surface area contributed by atoms with Crippen molar-refractivity contribution in [1.82, 2.24) is 10.2 Å². The molecule has 2 fully saturated rings. The van der Waals surface area contributed by atoms with Crippen LogP contribution in [0.5, 0.6) is 5.75 Å². The predicted molar refractivity (Wildman–Crippen MR) is 82.3 cm³/mol. The number of nitrogens with zero attached hydrogens (tertiary/aromatic N) is 1. The Kier molecular flexibility index (Phi) is 4.27. The summed E-state index contributed by atoms with van der Waals surface area (Å²) in [7, 11) is 3.87. The minimum absolute atomic E-state index is 0.731. The van der Waals surface area contributed by atoms with Gasteiger partial charge >= 0.3 is 0 Å². The van der Waals surface area contributed by atoms with Crippen molar-refractivity contribution in [3.8, 4) is 5.75 Å². The molecule has 0 aromatic heterocycles. The zero-order chi connectivity index (χ0) is 13.9. The van der Waals surface area contributed by atoms with E-state index in [0.29, 0.717) is 0 Å². The van der Waals surface area contributed by atoms with E-state index in [1.54, 1.807) is 7.11 Å². The van der Waals surface area contributed by atoms with Crippen molar-refractivity contribution < 1.29 is 4.74 Å². The molecule has 2 atom stereocenters. The molecule has 20 heavy (non-hydrogen) atoms. The SMILES string of the molecule is CNC1CC2CCC(C1)N2CCc1ccccc1OC. The third-order valence-corrected chi connectivity index (χ3v) is 5.12. The van der Waals surface area contributed by atoms with E-state index in [1.165, 1.54) is 37.8 Å². The highest BCUT2D eigenvalue weighted by molar-refractivity contribution is 5.33. The Bertz CT molecular complexity index is 434. The summed E-state index contributed by atoms with van der Waals surface area (Å²) in [5.41, 5.74) is 1.34. The third-order valence-electron chi connectivity index (χ3n) is 5.12. The van der Waals surface area contributed by atoms with Gasteiger partial charge in [0.2, 0.25) is 0 Å². The van der Waals surface area contributed by atoms with Crippen LogP contribution in [0.4, 0.5) is 0 Å². The van der Waals surface area contributed by atoms with Crippen molar-refractivity contribution in [2.24, 2.45) is 0 Å². The highest BCUT2D eigenvalue weighted by Gasteiger charge is 2.39. The molecule has 0 saturated carbocycles. The summed E-state index contributed by atoms with van der Waals surface area (Å²) >= 11 is 0.